The fourth-order valence-electron chi connectivity index (χ4n) is 4.45. The second kappa shape index (κ2) is 9.11. The van der Waals surface area contributed by atoms with Crippen molar-refractivity contribution in [3.63, 3.8) is 0 Å². The Labute approximate surface area is 191 Å². The van der Waals surface area contributed by atoms with Crippen LogP contribution in [0.15, 0.2) is 52.2 Å². The number of carbonyl (C=O) groups excluding carboxylic acids is 1. The lowest BCUT2D eigenvalue weighted by molar-refractivity contribution is 0.0716. The molecule has 172 valence electrons. The first kappa shape index (κ1) is 22.6. The van der Waals surface area contributed by atoms with Crippen LogP contribution >= 0.6 is 0 Å². The van der Waals surface area contributed by atoms with E-state index in [0.29, 0.717) is 46.6 Å². The molecule has 33 heavy (non-hydrogen) atoms. The quantitative estimate of drug-likeness (QED) is 0.525. The average molecular weight is 450 g/mol. The molecule has 1 atom stereocenters. The number of hydrogen-bond acceptors (Lipinski definition) is 6. The topological polar surface area (TPSA) is 89.2 Å². The standard InChI is InChI=1S/C26H27NO6/c1-5-11-32-18-8-7-17(14-19(18)31-4)23-22-24(29)21-16(3)12-15(2)13-20(21)33-25(22)26(30)27(23)9-6-10-28/h5,7-8,12-14,23,28H,1,6,9-11H2,2-4H3. The molecule has 7 heteroatoms. The monoisotopic (exact) mass is 449 g/mol. The first-order valence-corrected chi connectivity index (χ1v) is 10.8. The molecule has 0 saturated carbocycles. The largest absolute Gasteiger partial charge is 0.493 e. The number of methoxy groups -OCH3 is 1. The van der Waals surface area contributed by atoms with Gasteiger partial charge >= 0.3 is 0 Å². The molecule has 3 aromatic rings. The molecule has 0 spiro atoms. The van der Waals surface area contributed by atoms with Crippen LogP contribution in [0.1, 0.15) is 45.3 Å². The van der Waals surface area contributed by atoms with E-state index >= 15 is 0 Å². The zero-order valence-corrected chi connectivity index (χ0v) is 19.0. The maximum Gasteiger partial charge on any atom is 0.290 e. The lowest BCUT2D eigenvalue weighted by atomic mass is 9.96. The fourth-order valence-corrected chi connectivity index (χ4v) is 4.45. The molecule has 0 bridgehead atoms. The molecular formula is C26H27NO6. The molecule has 0 radical (unpaired) electrons. The van der Waals surface area contributed by atoms with E-state index in [4.69, 9.17) is 13.9 Å². The first-order valence-electron chi connectivity index (χ1n) is 10.8. The Morgan fingerprint density at radius 1 is 1.18 bits per heavy atom. The van der Waals surface area contributed by atoms with Crippen LogP contribution in [-0.2, 0) is 0 Å². The van der Waals surface area contributed by atoms with E-state index in [9.17, 15) is 14.7 Å². The van der Waals surface area contributed by atoms with Gasteiger partial charge in [-0.3, -0.25) is 9.59 Å². The van der Waals surface area contributed by atoms with Crippen molar-refractivity contribution >= 4 is 16.9 Å². The Morgan fingerprint density at radius 2 is 1.97 bits per heavy atom. The average Bonchev–Trinajstić information content (AvgIpc) is 3.07. The molecule has 1 aliphatic rings. The van der Waals surface area contributed by atoms with Crippen molar-refractivity contribution in [2.24, 2.45) is 0 Å². The van der Waals surface area contributed by atoms with Crippen LogP contribution in [0.3, 0.4) is 0 Å². The van der Waals surface area contributed by atoms with Crippen LogP contribution in [0.5, 0.6) is 11.5 Å². The van der Waals surface area contributed by atoms with Crippen molar-refractivity contribution in [1.82, 2.24) is 4.90 Å². The summed E-state index contributed by atoms with van der Waals surface area (Å²) in [6.45, 7) is 7.95. The Balaban J connectivity index is 1.93. The molecule has 7 nitrogen and oxygen atoms in total. The van der Waals surface area contributed by atoms with E-state index in [1.165, 1.54) is 7.11 Å². The highest BCUT2D eigenvalue weighted by atomic mass is 16.5. The van der Waals surface area contributed by atoms with Crippen molar-refractivity contribution < 1.29 is 23.8 Å². The van der Waals surface area contributed by atoms with Gasteiger partial charge in [-0.2, -0.15) is 0 Å². The van der Waals surface area contributed by atoms with Crippen LogP contribution < -0.4 is 14.9 Å². The minimum atomic E-state index is -0.664. The molecule has 2 heterocycles. The third kappa shape index (κ3) is 3.89. The third-order valence-corrected chi connectivity index (χ3v) is 5.83. The summed E-state index contributed by atoms with van der Waals surface area (Å²) in [6, 6.07) is 8.37. The van der Waals surface area contributed by atoms with Gasteiger partial charge in [-0.15, -0.1) is 0 Å². The van der Waals surface area contributed by atoms with Gasteiger partial charge in [0, 0.05) is 13.2 Å². The van der Waals surface area contributed by atoms with Gasteiger partial charge in [0.1, 0.15) is 12.2 Å². The highest BCUT2D eigenvalue weighted by Crippen LogP contribution is 2.41. The number of aliphatic hydroxyl groups excluding tert-OH is 1. The number of aryl methyl sites for hydroxylation is 2. The van der Waals surface area contributed by atoms with Crippen LogP contribution in [0.25, 0.3) is 11.0 Å². The lowest BCUT2D eigenvalue weighted by Gasteiger charge is -2.25. The minimum Gasteiger partial charge on any atom is -0.493 e. The Hall–Kier alpha value is -3.58. The first-order chi connectivity index (χ1) is 15.9. The normalized spacial score (nSPS) is 15.1. The summed E-state index contributed by atoms with van der Waals surface area (Å²) in [5, 5.41) is 9.87. The van der Waals surface area contributed by atoms with Crippen molar-refractivity contribution in [2.45, 2.75) is 26.3 Å². The molecule has 1 aromatic heterocycles. The molecule has 1 aliphatic heterocycles. The number of nitrogens with zero attached hydrogens (tertiary/aromatic N) is 1. The van der Waals surface area contributed by atoms with E-state index in [1.807, 2.05) is 26.0 Å². The number of ether oxygens (including phenoxy) is 2. The zero-order valence-electron chi connectivity index (χ0n) is 19.0. The van der Waals surface area contributed by atoms with E-state index in [2.05, 4.69) is 6.58 Å². The summed E-state index contributed by atoms with van der Waals surface area (Å²) >= 11 is 0. The minimum absolute atomic E-state index is 0.0476. The lowest BCUT2D eigenvalue weighted by Crippen LogP contribution is -2.31. The summed E-state index contributed by atoms with van der Waals surface area (Å²) in [5.74, 6) is 0.692. The van der Waals surface area contributed by atoms with Crippen LogP contribution in [-0.4, -0.2) is 42.8 Å². The highest BCUT2D eigenvalue weighted by molar-refractivity contribution is 5.99. The fraction of sp³-hybridized carbons (Fsp3) is 0.308. The summed E-state index contributed by atoms with van der Waals surface area (Å²) in [4.78, 5) is 28.6. The van der Waals surface area contributed by atoms with Gasteiger partial charge in [0.05, 0.1) is 24.1 Å². The Bertz CT molecular complexity index is 1290. The van der Waals surface area contributed by atoms with E-state index in [1.54, 1.807) is 29.2 Å². The molecule has 1 unspecified atom stereocenters. The van der Waals surface area contributed by atoms with E-state index < -0.39 is 6.04 Å². The molecule has 0 aliphatic carbocycles. The highest BCUT2D eigenvalue weighted by Gasteiger charge is 2.42. The molecule has 1 N–H and O–H groups in total. The predicted octanol–water partition coefficient (Wildman–Crippen LogP) is 3.91. The summed E-state index contributed by atoms with van der Waals surface area (Å²) in [7, 11) is 1.53. The molecule has 0 fully saturated rings. The number of amides is 1. The number of aliphatic hydroxyl groups is 1. The van der Waals surface area contributed by atoms with Crippen molar-refractivity contribution in [3.05, 3.63) is 81.2 Å². The summed E-state index contributed by atoms with van der Waals surface area (Å²) in [5.41, 5.74) is 2.92. The maximum atomic E-state index is 13.7. The number of carbonyl (C=O) groups is 1. The molecule has 2 aromatic carbocycles. The molecular weight excluding hydrogens is 422 g/mol. The summed E-state index contributed by atoms with van der Waals surface area (Å²) < 4.78 is 17.2. The van der Waals surface area contributed by atoms with Gasteiger partial charge in [0.25, 0.3) is 5.91 Å². The SMILES string of the molecule is C=CCOc1ccc(C2c3c(oc4cc(C)cc(C)c4c3=O)C(=O)N2CCCO)cc1OC. The third-order valence-electron chi connectivity index (χ3n) is 5.83. The zero-order chi connectivity index (χ0) is 23.7. The van der Waals surface area contributed by atoms with Gasteiger partial charge in [-0.05, 0) is 55.2 Å². The van der Waals surface area contributed by atoms with Crippen LogP contribution in [0.4, 0.5) is 0 Å². The van der Waals surface area contributed by atoms with Crippen LogP contribution in [0.2, 0.25) is 0 Å². The van der Waals surface area contributed by atoms with Crippen molar-refractivity contribution in [2.75, 3.05) is 26.9 Å². The smallest absolute Gasteiger partial charge is 0.290 e. The van der Waals surface area contributed by atoms with Crippen molar-refractivity contribution in [3.8, 4) is 11.5 Å². The Morgan fingerprint density at radius 3 is 2.67 bits per heavy atom. The predicted molar refractivity (Wildman–Crippen MR) is 125 cm³/mol. The second-order valence-electron chi connectivity index (χ2n) is 8.12. The van der Waals surface area contributed by atoms with Gasteiger partial charge in [0.2, 0.25) is 5.76 Å². The summed E-state index contributed by atoms with van der Waals surface area (Å²) in [6.07, 6.45) is 2.01. The van der Waals surface area contributed by atoms with E-state index in [-0.39, 0.29) is 30.2 Å². The van der Waals surface area contributed by atoms with Gasteiger partial charge in [-0.1, -0.05) is 24.8 Å². The van der Waals surface area contributed by atoms with Crippen molar-refractivity contribution in [1.29, 1.82) is 0 Å². The van der Waals surface area contributed by atoms with Gasteiger partial charge in [-0.25, -0.2) is 0 Å². The van der Waals surface area contributed by atoms with E-state index in [0.717, 1.165) is 11.1 Å². The number of hydrogen-bond donors (Lipinski definition) is 1. The Kier molecular flexibility index (Phi) is 6.24. The van der Waals surface area contributed by atoms with Crippen LogP contribution in [0, 0.1) is 13.8 Å². The van der Waals surface area contributed by atoms with Gasteiger partial charge < -0.3 is 23.9 Å². The number of rotatable bonds is 8. The molecule has 0 saturated heterocycles. The molecule has 1 amide bonds. The van der Waals surface area contributed by atoms with Gasteiger partial charge in [0.15, 0.2) is 16.9 Å². The number of benzene rings is 2. The second-order valence-corrected chi connectivity index (χ2v) is 8.12. The number of fused-ring (bicyclic) bond motifs is 2. The molecule has 4 rings (SSSR count). The maximum absolute atomic E-state index is 13.7.